The van der Waals surface area contributed by atoms with Gasteiger partial charge in [0.2, 0.25) is 0 Å². The van der Waals surface area contributed by atoms with E-state index >= 15 is 0 Å². The van der Waals surface area contributed by atoms with Crippen molar-refractivity contribution in [1.29, 1.82) is 0 Å². The number of hydrogen-bond acceptors (Lipinski definition) is 2. The quantitative estimate of drug-likeness (QED) is 0.842. The average molecular weight is 253 g/mol. The molecule has 0 radical (unpaired) electrons. The zero-order valence-corrected chi connectivity index (χ0v) is 11.8. The predicted molar refractivity (Wildman–Crippen MR) is 73.1 cm³/mol. The van der Waals surface area contributed by atoms with Gasteiger partial charge in [-0.1, -0.05) is 26.0 Å². The zero-order chi connectivity index (χ0) is 13.8. The second-order valence-corrected chi connectivity index (χ2v) is 5.05. The Kier molecular flexibility index (Phi) is 5.29. The molecule has 0 aliphatic heterocycles. The number of benzene rings is 1. The van der Waals surface area contributed by atoms with Gasteiger partial charge in [0.05, 0.1) is 6.10 Å². The molecule has 0 saturated heterocycles. The number of hydrogen-bond donors (Lipinski definition) is 1. The second kappa shape index (κ2) is 6.30. The monoisotopic (exact) mass is 253 g/mol. The zero-order valence-electron chi connectivity index (χ0n) is 11.8. The first-order valence-corrected chi connectivity index (χ1v) is 6.56. The first kappa shape index (κ1) is 15.1. The van der Waals surface area contributed by atoms with Crippen molar-refractivity contribution in [2.45, 2.75) is 44.8 Å². The van der Waals surface area contributed by atoms with Gasteiger partial charge >= 0.3 is 0 Å². The molecule has 1 unspecified atom stereocenters. The van der Waals surface area contributed by atoms with Gasteiger partial charge in [0.1, 0.15) is 5.82 Å². The van der Waals surface area contributed by atoms with Crippen molar-refractivity contribution in [1.82, 2.24) is 4.90 Å². The fourth-order valence-corrected chi connectivity index (χ4v) is 2.73. The molecular formula is C15H24FNO. The average Bonchev–Trinajstić information content (AvgIpc) is 2.30. The number of likely N-dealkylation sites (N-methyl/N-ethyl adjacent to an activating group) is 1. The van der Waals surface area contributed by atoms with Crippen LogP contribution in [0.5, 0.6) is 0 Å². The number of aliphatic hydroxyl groups excluding tert-OH is 1. The molecule has 102 valence electrons. The van der Waals surface area contributed by atoms with E-state index in [4.69, 9.17) is 0 Å². The molecule has 2 nitrogen and oxygen atoms in total. The summed E-state index contributed by atoms with van der Waals surface area (Å²) in [5.41, 5.74) is 0.599. The van der Waals surface area contributed by atoms with E-state index in [1.54, 1.807) is 6.07 Å². The molecule has 18 heavy (non-hydrogen) atoms. The third-order valence-corrected chi connectivity index (χ3v) is 4.05. The molecule has 0 heterocycles. The van der Waals surface area contributed by atoms with Crippen LogP contribution in [-0.4, -0.2) is 35.7 Å². The van der Waals surface area contributed by atoms with Crippen LogP contribution in [0.3, 0.4) is 0 Å². The fourth-order valence-electron chi connectivity index (χ4n) is 2.73. The molecule has 0 bridgehead atoms. The molecule has 0 aliphatic carbocycles. The van der Waals surface area contributed by atoms with Crippen LogP contribution in [0.4, 0.5) is 4.39 Å². The van der Waals surface area contributed by atoms with E-state index in [1.165, 1.54) is 12.1 Å². The van der Waals surface area contributed by atoms with E-state index < -0.39 is 6.10 Å². The minimum absolute atomic E-state index is 0.244. The van der Waals surface area contributed by atoms with Gasteiger partial charge in [0.15, 0.2) is 0 Å². The Balaban J connectivity index is 2.88. The van der Waals surface area contributed by atoms with Crippen molar-refractivity contribution in [3.05, 3.63) is 35.6 Å². The van der Waals surface area contributed by atoms with E-state index in [9.17, 15) is 9.50 Å². The summed E-state index contributed by atoms with van der Waals surface area (Å²) in [6, 6.07) is 6.47. The second-order valence-electron chi connectivity index (χ2n) is 5.05. The van der Waals surface area contributed by atoms with E-state index in [0.717, 1.165) is 18.4 Å². The van der Waals surface area contributed by atoms with Crippen LogP contribution in [0.25, 0.3) is 0 Å². The van der Waals surface area contributed by atoms with Gasteiger partial charge in [-0.05, 0) is 44.6 Å². The first-order valence-electron chi connectivity index (χ1n) is 6.56. The van der Waals surface area contributed by atoms with Crippen molar-refractivity contribution in [3.63, 3.8) is 0 Å². The maximum Gasteiger partial charge on any atom is 0.123 e. The number of aliphatic hydroxyl groups is 1. The third kappa shape index (κ3) is 3.09. The Morgan fingerprint density at radius 2 is 1.89 bits per heavy atom. The largest absolute Gasteiger partial charge is 0.391 e. The van der Waals surface area contributed by atoms with Gasteiger partial charge in [-0.15, -0.1) is 0 Å². The van der Waals surface area contributed by atoms with Crippen molar-refractivity contribution < 1.29 is 9.50 Å². The number of nitrogens with zero attached hydrogens (tertiary/aromatic N) is 1. The molecule has 0 fully saturated rings. The van der Waals surface area contributed by atoms with Gasteiger partial charge in [-0.2, -0.15) is 0 Å². The van der Waals surface area contributed by atoms with E-state index in [2.05, 4.69) is 18.7 Å². The van der Waals surface area contributed by atoms with Gasteiger partial charge in [0.25, 0.3) is 0 Å². The molecule has 3 heteroatoms. The maximum atomic E-state index is 13.1. The van der Waals surface area contributed by atoms with Crippen molar-refractivity contribution in [3.8, 4) is 0 Å². The molecule has 0 aromatic heterocycles. The Labute approximate surface area is 109 Å². The summed E-state index contributed by atoms with van der Waals surface area (Å²) in [4.78, 5) is 2.08. The van der Waals surface area contributed by atoms with Crippen LogP contribution in [-0.2, 0) is 6.42 Å². The Morgan fingerprint density at radius 1 is 1.28 bits per heavy atom. The molecule has 0 amide bonds. The van der Waals surface area contributed by atoms with Crippen molar-refractivity contribution >= 4 is 0 Å². The SMILES string of the molecule is CCC(CC)(C(O)Cc1cccc(F)c1)N(C)C. The lowest BCUT2D eigenvalue weighted by Crippen LogP contribution is -2.53. The van der Waals surface area contributed by atoms with Crippen LogP contribution in [0.15, 0.2) is 24.3 Å². The van der Waals surface area contributed by atoms with Crippen molar-refractivity contribution in [2.75, 3.05) is 14.1 Å². The van der Waals surface area contributed by atoms with E-state index in [1.807, 2.05) is 20.2 Å². The normalized spacial score (nSPS) is 13.9. The molecule has 1 aromatic carbocycles. The van der Waals surface area contributed by atoms with Crippen LogP contribution in [0.1, 0.15) is 32.3 Å². The van der Waals surface area contributed by atoms with E-state index in [-0.39, 0.29) is 11.4 Å². The summed E-state index contributed by atoms with van der Waals surface area (Å²) in [6.45, 7) is 4.16. The topological polar surface area (TPSA) is 23.5 Å². The molecule has 0 saturated carbocycles. The maximum absolute atomic E-state index is 13.1. The Bertz CT molecular complexity index is 375. The number of rotatable bonds is 6. The summed E-state index contributed by atoms with van der Waals surface area (Å²) < 4.78 is 13.1. The lowest BCUT2D eigenvalue weighted by Gasteiger charge is -2.42. The van der Waals surface area contributed by atoms with E-state index in [0.29, 0.717) is 6.42 Å². The first-order chi connectivity index (χ1) is 8.46. The molecule has 1 N–H and O–H groups in total. The fraction of sp³-hybridized carbons (Fsp3) is 0.600. The summed E-state index contributed by atoms with van der Waals surface area (Å²) >= 11 is 0. The smallest absolute Gasteiger partial charge is 0.123 e. The summed E-state index contributed by atoms with van der Waals surface area (Å²) in [6.07, 6.45) is 1.72. The summed E-state index contributed by atoms with van der Waals surface area (Å²) in [5.74, 6) is -0.247. The predicted octanol–water partition coefficient (Wildman–Crippen LogP) is 2.85. The highest BCUT2D eigenvalue weighted by Gasteiger charge is 2.36. The highest BCUT2D eigenvalue weighted by molar-refractivity contribution is 5.18. The summed E-state index contributed by atoms with van der Waals surface area (Å²) in [5, 5.41) is 10.5. The number of halogens is 1. The van der Waals surface area contributed by atoms with Crippen LogP contribution in [0, 0.1) is 5.82 Å². The lowest BCUT2D eigenvalue weighted by atomic mass is 9.82. The molecular weight excluding hydrogens is 229 g/mol. The van der Waals surface area contributed by atoms with Gasteiger partial charge in [-0.3, -0.25) is 0 Å². The Morgan fingerprint density at radius 3 is 2.33 bits per heavy atom. The van der Waals surface area contributed by atoms with Gasteiger partial charge < -0.3 is 10.0 Å². The molecule has 1 aromatic rings. The molecule has 1 atom stereocenters. The van der Waals surface area contributed by atoms with Gasteiger partial charge in [0, 0.05) is 12.0 Å². The van der Waals surface area contributed by atoms with Crippen LogP contribution >= 0.6 is 0 Å². The summed E-state index contributed by atoms with van der Waals surface area (Å²) in [7, 11) is 3.98. The molecule has 0 aliphatic rings. The molecule has 0 spiro atoms. The van der Waals surface area contributed by atoms with Crippen LogP contribution < -0.4 is 0 Å². The highest BCUT2D eigenvalue weighted by Crippen LogP contribution is 2.28. The minimum Gasteiger partial charge on any atom is -0.391 e. The van der Waals surface area contributed by atoms with Crippen molar-refractivity contribution in [2.24, 2.45) is 0 Å². The van der Waals surface area contributed by atoms with Crippen LogP contribution in [0.2, 0.25) is 0 Å². The Hall–Kier alpha value is -0.930. The molecule has 1 rings (SSSR count). The van der Waals surface area contributed by atoms with Gasteiger partial charge in [-0.25, -0.2) is 4.39 Å². The lowest BCUT2D eigenvalue weighted by molar-refractivity contribution is -0.0125. The highest BCUT2D eigenvalue weighted by atomic mass is 19.1. The minimum atomic E-state index is -0.496. The third-order valence-electron chi connectivity index (χ3n) is 4.05. The standard InChI is InChI=1S/C15H24FNO/c1-5-15(6-2,17(3)4)14(18)11-12-8-7-9-13(16)10-12/h7-10,14,18H,5-6,11H2,1-4H3.